The molecule has 2 aromatic rings. The Morgan fingerprint density at radius 2 is 2.09 bits per heavy atom. The number of amides is 1. The first kappa shape index (κ1) is 14.9. The molecule has 1 amide bonds. The number of hydrogen-bond donors (Lipinski definition) is 1. The predicted molar refractivity (Wildman–Crippen MR) is 78.8 cm³/mol. The molecule has 1 N–H and O–H groups in total. The SMILES string of the molecule is O=C(N[C@H]1CC[C@H]1c1ccc(F)cc1F)c1ncccc1Cl. The lowest BCUT2D eigenvalue weighted by Crippen LogP contribution is -2.46. The lowest BCUT2D eigenvalue weighted by molar-refractivity contribution is 0.0898. The molecular weight excluding hydrogens is 310 g/mol. The van der Waals surface area contributed by atoms with E-state index in [9.17, 15) is 13.6 Å². The summed E-state index contributed by atoms with van der Waals surface area (Å²) in [5.74, 6) is -1.74. The van der Waals surface area contributed by atoms with E-state index in [1.54, 1.807) is 12.1 Å². The number of nitrogens with one attached hydrogen (secondary N) is 1. The van der Waals surface area contributed by atoms with E-state index >= 15 is 0 Å². The molecule has 22 heavy (non-hydrogen) atoms. The van der Waals surface area contributed by atoms with Gasteiger partial charge in [0.05, 0.1) is 5.02 Å². The number of halogens is 3. The topological polar surface area (TPSA) is 42.0 Å². The molecule has 1 aromatic heterocycles. The van der Waals surface area contributed by atoms with Crippen molar-refractivity contribution in [3.8, 4) is 0 Å². The van der Waals surface area contributed by atoms with Crippen LogP contribution in [0.15, 0.2) is 36.5 Å². The molecule has 6 heteroatoms. The van der Waals surface area contributed by atoms with Crippen LogP contribution in [0.25, 0.3) is 0 Å². The number of benzene rings is 1. The fraction of sp³-hybridized carbons (Fsp3) is 0.250. The van der Waals surface area contributed by atoms with Crippen molar-refractivity contribution in [1.29, 1.82) is 0 Å². The van der Waals surface area contributed by atoms with Crippen molar-refractivity contribution in [3.05, 3.63) is 64.4 Å². The molecule has 0 unspecified atom stereocenters. The molecule has 114 valence electrons. The fourth-order valence-corrected chi connectivity index (χ4v) is 2.84. The second-order valence-electron chi connectivity index (χ2n) is 5.26. The third-order valence-corrected chi connectivity index (χ3v) is 4.23. The maximum Gasteiger partial charge on any atom is 0.271 e. The normalized spacial score (nSPS) is 20.3. The zero-order chi connectivity index (χ0) is 15.7. The van der Waals surface area contributed by atoms with E-state index in [0.29, 0.717) is 5.56 Å². The molecule has 3 nitrogen and oxygen atoms in total. The van der Waals surface area contributed by atoms with Gasteiger partial charge in [-0.15, -0.1) is 0 Å². The van der Waals surface area contributed by atoms with Crippen LogP contribution >= 0.6 is 11.6 Å². The molecule has 0 spiro atoms. The van der Waals surface area contributed by atoms with Crippen molar-refractivity contribution < 1.29 is 13.6 Å². The monoisotopic (exact) mass is 322 g/mol. The molecule has 1 saturated carbocycles. The fourth-order valence-electron chi connectivity index (χ4n) is 2.64. The number of rotatable bonds is 3. The minimum Gasteiger partial charge on any atom is -0.347 e. The molecule has 2 atom stereocenters. The van der Waals surface area contributed by atoms with Gasteiger partial charge in [0.25, 0.3) is 5.91 Å². The van der Waals surface area contributed by atoms with Gasteiger partial charge in [0, 0.05) is 24.2 Å². The van der Waals surface area contributed by atoms with Crippen molar-refractivity contribution in [2.75, 3.05) is 0 Å². The quantitative estimate of drug-likeness (QED) is 0.936. The van der Waals surface area contributed by atoms with Crippen molar-refractivity contribution in [3.63, 3.8) is 0 Å². The van der Waals surface area contributed by atoms with E-state index in [2.05, 4.69) is 10.3 Å². The highest BCUT2D eigenvalue weighted by molar-refractivity contribution is 6.33. The van der Waals surface area contributed by atoms with Crippen LogP contribution in [0.5, 0.6) is 0 Å². The lowest BCUT2D eigenvalue weighted by atomic mass is 9.74. The van der Waals surface area contributed by atoms with Gasteiger partial charge in [-0.25, -0.2) is 13.8 Å². The minimum atomic E-state index is -0.610. The molecular formula is C16H13ClF2N2O. The summed E-state index contributed by atoms with van der Waals surface area (Å²) in [4.78, 5) is 16.1. The first-order chi connectivity index (χ1) is 10.6. The summed E-state index contributed by atoms with van der Waals surface area (Å²) in [7, 11) is 0. The number of carbonyl (C=O) groups is 1. The highest BCUT2D eigenvalue weighted by Crippen LogP contribution is 2.38. The van der Waals surface area contributed by atoms with Crippen LogP contribution in [-0.2, 0) is 0 Å². The van der Waals surface area contributed by atoms with E-state index in [-0.39, 0.29) is 28.6 Å². The van der Waals surface area contributed by atoms with E-state index in [1.807, 2.05) is 0 Å². The van der Waals surface area contributed by atoms with Crippen molar-refractivity contribution >= 4 is 17.5 Å². The maximum atomic E-state index is 13.8. The van der Waals surface area contributed by atoms with Crippen LogP contribution in [0.2, 0.25) is 5.02 Å². The van der Waals surface area contributed by atoms with E-state index in [4.69, 9.17) is 11.6 Å². The highest BCUT2D eigenvalue weighted by Gasteiger charge is 2.35. The van der Waals surface area contributed by atoms with Crippen molar-refractivity contribution in [2.45, 2.75) is 24.8 Å². The Hall–Kier alpha value is -2.01. The van der Waals surface area contributed by atoms with Crippen LogP contribution in [0, 0.1) is 11.6 Å². The van der Waals surface area contributed by atoms with Gasteiger partial charge in [-0.2, -0.15) is 0 Å². The summed E-state index contributed by atoms with van der Waals surface area (Å²) >= 11 is 5.93. The largest absolute Gasteiger partial charge is 0.347 e. The molecule has 1 aromatic carbocycles. The van der Waals surface area contributed by atoms with Crippen molar-refractivity contribution in [2.24, 2.45) is 0 Å². The van der Waals surface area contributed by atoms with E-state index < -0.39 is 11.6 Å². The average Bonchev–Trinajstić information content (AvgIpc) is 2.46. The first-order valence-corrected chi connectivity index (χ1v) is 7.30. The smallest absolute Gasteiger partial charge is 0.271 e. The Morgan fingerprint density at radius 3 is 2.73 bits per heavy atom. The van der Waals surface area contributed by atoms with Gasteiger partial charge in [0.15, 0.2) is 0 Å². The Labute approximate surface area is 131 Å². The average molecular weight is 323 g/mol. The number of nitrogens with zero attached hydrogens (tertiary/aromatic N) is 1. The summed E-state index contributed by atoms with van der Waals surface area (Å²) in [5, 5.41) is 3.09. The molecule has 0 saturated heterocycles. The summed E-state index contributed by atoms with van der Waals surface area (Å²) in [6, 6.07) is 6.54. The molecule has 0 bridgehead atoms. The molecule has 1 heterocycles. The molecule has 3 rings (SSSR count). The predicted octanol–water partition coefficient (Wildman–Crippen LogP) is 3.69. The molecule has 1 aliphatic rings. The number of carbonyl (C=O) groups excluding carboxylic acids is 1. The van der Waals surface area contributed by atoms with E-state index in [0.717, 1.165) is 18.9 Å². The molecule has 0 aliphatic heterocycles. The van der Waals surface area contributed by atoms with E-state index in [1.165, 1.54) is 18.3 Å². The lowest BCUT2D eigenvalue weighted by Gasteiger charge is -2.37. The van der Waals surface area contributed by atoms with Crippen LogP contribution in [-0.4, -0.2) is 16.9 Å². The van der Waals surface area contributed by atoms with Gasteiger partial charge in [0.1, 0.15) is 17.3 Å². The van der Waals surface area contributed by atoms with Crippen LogP contribution in [0.4, 0.5) is 8.78 Å². The summed E-state index contributed by atoms with van der Waals surface area (Å²) < 4.78 is 26.8. The zero-order valence-electron chi connectivity index (χ0n) is 11.5. The number of aromatic nitrogens is 1. The third-order valence-electron chi connectivity index (χ3n) is 3.93. The Morgan fingerprint density at radius 1 is 1.27 bits per heavy atom. The second kappa shape index (κ2) is 6.01. The Balaban J connectivity index is 1.74. The maximum absolute atomic E-state index is 13.8. The number of pyridine rings is 1. The first-order valence-electron chi connectivity index (χ1n) is 6.92. The highest BCUT2D eigenvalue weighted by atomic mass is 35.5. The van der Waals surface area contributed by atoms with Gasteiger partial charge < -0.3 is 5.32 Å². The summed E-state index contributed by atoms with van der Waals surface area (Å²) in [6.45, 7) is 0. The third kappa shape index (κ3) is 2.81. The van der Waals surface area contributed by atoms with Crippen molar-refractivity contribution in [1.82, 2.24) is 10.3 Å². The van der Waals surface area contributed by atoms with Gasteiger partial charge >= 0.3 is 0 Å². The molecule has 1 aliphatic carbocycles. The Bertz CT molecular complexity index is 723. The minimum absolute atomic E-state index is 0.148. The van der Waals surface area contributed by atoms with Crippen LogP contribution in [0.1, 0.15) is 34.8 Å². The zero-order valence-corrected chi connectivity index (χ0v) is 12.3. The second-order valence-corrected chi connectivity index (χ2v) is 5.67. The molecule has 0 radical (unpaired) electrons. The van der Waals surface area contributed by atoms with Gasteiger partial charge in [0.2, 0.25) is 0 Å². The molecule has 1 fully saturated rings. The van der Waals surface area contributed by atoms with Gasteiger partial charge in [-0.1, -0.05) is 17.7 Å². The van der Waals surface area contributed by atoms with Crippen LogP contribution < -0.4 is 5.32 Å². The number of hydrogen-bond acceptors (Lipinski definition) is 2. The standard InChI is InChI=1S/C16H13ClF2N2O/c17-12-2-1-7-20-15(12)16(22)21-14-6-5-11(14)10-4-3-9(18)8-13(10)19/h1-4,7-8,11,14H,5-6H2,(H,21,22)/t11-,14-/m0/s1. The van der Waals surface area contributed by atoms with Crippen LogP contribution in [0.3, 0.4) is 0 Å². The summed E-state index contributed by atoms with van der Waals surface area (Å²) in [5.41, 5.74) is 0.569. The van der Waals surface area contributed by atoms with Gasteiger partial charge in [-0.05, 0) is 36.6 Å². The summed E-state index contributed by atoms with van der Waals surface area (Å²) in [6.07, 6.45) is 2.96. The Kier molecular flexibility index (Phi) is 4.07. The van der Waals surface area contributed by atoms with Gasteiger partial charge in [-0.3, -0.25) is 4.79 Å².